The summed E-state index contributed by atoms with van der Waals surface area (Å²) in [7, 11) is -0.467. The zero-order valence-electron chi connectivity index (χ0n) is 12.3. The third-order valence-corrected chi connectivity index (χ3v) is 4.18. The zero-order valence-corrected chi connectivity index (χ0v) is 12.3. The van der Waals surface area contributed by atoms with Crippen LogP contribution in [0.4, 0.5) is 0 Å². The summed E-state index contributed by atoms with van der Waals surface area (Å²) in [5.74, 6) is 0. The van der Waals surface area contributed by atoms with Crippen molar-refractivity contribution in [1.29, 1.82) is 5.26 Å². The molecule has 100 valence electrons. The molecule has 2 rings (SSSR count). The Hall–Kier alpha value is -1.31. The highest BCUT2D eigenvalue weighted by Crippen LogP contribution is 2.36. The molecular weight excluding hydrogens is 237 g/mol. The number of nitriles is 1. The fourth-order valence-electron chi connectivity index (χ4n) is 2.22. The fourth-order valence-corrected chi connectivity index (χ4v) is 2.22. The number of hydrogen-bond donors (Lipinski definition) is 0. The van der Waals surface area contributed by atoms with Crippen molar-refractivity contribution in [1.82, 2.24) is 0 Å². The second kappa shape index (κ2) is 4.66. The molecule has 1 aliphatic rings. The van der Waals surface area contributed by atoms with Crippen LogP contribution in [0, 0.1) is 11.3 Å². The van der Waals surface area contributed by atoms with Crippen LogP contribution in [0.1, 0.15) is 45.7 Å². The lowest BCUT2D eigenvalue weighted by molar-refractivity contribution is 0.00578. The molecule has 1 fully saturated rings. The Labute approximate surface area is 115 Å². The van der Waals surface area contributed by atoms with Crippen molar-refractivity contribution in [3.63, 3.8) is 0 Å². The number of nitrogens with zero attached hydrogens (tertiary/aromatic N) is 1. The standard InChI is InChI=1S/C15H20BNO2/c1-6-11-8-7-9-13(12(11)10-17)16-18-14(2,3)15(4,5)19-16/h7-9H,6H2,1-5H3. The molecule has 0 N–H and O–H groups in total. The number of rotatable bonds is 2. The van der Waals surface area contributed by atoms with Crippen LogP contribution in [-0.4, -0.2) is 18.3 Å². The Bertz CT molecular complexity index is 515. The zero-order chi connectivity index (χ0) is 14.3. The molecule has 0 amide bonds. The van der Waals surface area contributed by atoms with Crippen molar-refractivity contribution < 1.29 is 9.31 Å². The summed E-state index contributed by atoms with van der Waals surface area (Å²) < 4.78 is 12.0. The molecule has 1 aromatic carbocycles. The molecule has 0 unspecified atom stereocenters. The van der Waals surface area contributed by atoms with E-state index in [0.717, 1.165) is 17.4 Å². The van der Waals surface area contributed by atoms with Crippen LogP contribution in [0.25, 0.3) is 0 Å². The first-order valence-electron chi connectivity index (χ1n) is 6.70. The van der Waals surface area contributed by atoms with E-state index < -0.39 is 7.12 Å². The van der Waals surface area contributed by atoms with Crippen LogP contribution in [-0.2, 0) is 15.7 Å². The minimum Gasteiger partial charge on any atom is -0.399 e. The largest absolute Gasteiger partial charge is 0.496 e. The van der Waals surface area contributed by atoms with Crippen LogP contribution >= 0.6 is 0 Å². The van der Waals surface area contributed by atoms with Gasteiger partial charge in [-0.15, -0.1) is 0 Å². The minimum atomic E-state index is -0.467. The summed E-state index contributed by atoms with van der Waals surface area (Å²) in [6, 6.07) is 8.14. The summed E-state index contributed by atoms with van der Waals surface area (Å²) in [5.41, 5.74) is 1.79. The van der Waals surface area contributed by atoms with E-state index in [9.17, 15) is 5.26 Å². The monoisotopic (exact) mass is 257 g/mol. The van der Waals surface area contributed by atoms with Gasteiger partial charge in [-0.3, -0.25) is 0 Å². The van der Waals surface area contributed by atoms with E-state index in [0.29, 0.717) is 5.56 Å². The van der Waals surface area contributed by atoms with Gasteiger partial charge in [-0.1, -0.05) is 25.1 Å². The number of hydrogen-bond acceptors (Lipinski definition) is 3. The summed E-state index contributed by atoms with van der Waals surface area (Å²) in [5, 5.41) is 9.39. The van der Waals surface area contributed by atoms with Crippen LogP contribution in [0.15, 0.2) is 18.2 Å². The van der Waals surface area contributed by atoms with Crippen molar-refractivity contribution in [3.05, 3.63) is 29.3 Å². The lowest BCUT2D eigenvalue weighted by Crippen LogP contribution is -2.41. The normalized spacial score (nSPS) is 20.3. The molecule has 3 nitrogen and oxygen atoms in total. The smallest absolute Gasteiger partial charge is 0.399 e. The Kier molecular flexibility index (Phi) is 3.46. The summed E-state index contributed by atoms with van der Waals surface area (Å²) in [4.78, 5) is 0. The predicted octanol–water partition coefficient (Wildman–Crippen LogP) is 2.42. The van der Waals surface area contributed by atoms with Gasteiger partial charge in [0.15, 0.2) is 0 Å². The molecule has 1 aromatic rings. The van der Waals surface area contributed by atoms with E-state index in [4.69, 9.17) is 9.31 Å². The van der Waals surface area contributed by atoms with Crippen molar-refractivity contribution in [3.8, 4) is 6.07 Å². The first-order chi connectivity index (χ1) is 8.82. The van der Waals surface area contributed by atoms with Gasteiger partial charge in [0.2, 0.25) is 0 Å². The SMILES string of the molecule is CCc1cccc(B2OC(C)(C)C(C)(C)O2)c1C#N. The molecule has 0 radical (unpaired) electrons. The second-order valence-corrected chi connectivity index (χ2v) is 5.93. The summed E-state index contributed by atoms with van der Waals surface area (Å²) in [6.45, 7) is 10.1. The van der Waals surface area contributed by atoms with Gasteiger partial charge in [0.1, 0.15) is 0 Å². The van der Waals surface area contributed by atoms with Crippen molar-refractivity contribution in [2.75, 3.05) is 0 Å². The van der Waals surface area contributed by atoms with Gasteiger partial charge in [0.05, 0.1) is 22.8 Å². The molecule has 19 heavy (non-hydrogen) atoms. The quantitative estimate of drug-likeness (QED) is 0.764. The Morgan fingerprint density at radius 2 is 1.74 bits per heavy atom. The molecule has 0 saturated carbocycles. The first kappa shape index (κ1) is 14.1. The molecule has 0 aromatic heterocycles. The summed E-state index contributed by atoms with van der Waals surface area (Å²) in [6.07, 6.45) is 0.830. The van der Waals surface area contributed by atoms with Gasteiger partial charge >= 0.3 is 7.12 Å². The fraction of sp³-hybridized carbons (Fsp3) is 0.533. The highest BCUT2D eigenvalue weighted by Gasteiger charge is 2.52. The van der Waals surface area contributed by atoms with E-state index >= 15 is 0 Å². The van der Waals surface area contributed by atoms with E-state index in [1.807, 2.05) is 52.8 Å². The average Bonchev–Trinajstić information content (AvgIpc) is 2.57. The van der Waals surface area contributed by atoms with Gasteiger partial charge in [0.25, 0.3) is 0 Å². The van der Waals surface area contributed by atoms with E-state index in [2.05, 4.69) is 6.07 Å². The lowest BCUT2D eigenvalue weighted by atomic mass is 9.74. The molecule has 0 atom stereocenters. The van der Waals surface area contributed by atoms with Crippen molar-refractivity contribution in [2.45, 2.75) is 52.2 Å². The maximum absolute atomic E-state index is 9.39. The van der Waals surface area contributed by atoms with E-state index in [-0.39, 0.29) is 11.2 Å². The molecular formula is C15H20BNO2. The Balaban J connectivity index is 2.43. The third-order valence-electron chi connectivity index (χ3n) is 4.18. The van der Waals surface area contributed by atoms with Crippen molar-refractivity contribution in [2.24, 2.45) is 0 Å². The van der Waals surface area contributed by atoms with Crippen LogP contribution in [0.5, 0.6) is 0 Å². The minimum absolute atomic E-state index is 0.382. The van der Waals surface area contributed by atoms with Gasteiger partial charge in [0, 0.05) is 5.46 Å². The predicted molar refractivity (Wildman–Crippen MR) is 76.3 cm³/mol. The maximum Gasteiger partial charge on any atom is 0.496 e. The van der Waals surface area contributed by atoms with Crippen LogP contribution in [0.2, 0.25) is 0 Å². The molecule has 0 aliphatic carbocycles. The molecule has 1 aliphatic heterocycles. The Morgan fingerprint density at radius 1 is 1.16 bits per heavy atom. The van der Waals surface area contributed by atoms with E-state index in [1.165, 1.54) is 0 Å². The molecule has 4 heteroatoms. The maximum atomic E-state index is 9.39. The first-order valence-corrected chi connectivity index (χ1v) is 6.70. The highest BCUT2D eigenvalue weighted by atomic mass is 16.7. The highest BCUT2D eigenvalue weighted by molar-refractivity contribution is 6.62. The number of benzene rings is 1. The van der Waals surface area contributed by atoms with Gasteiger partial charge in [-0.2, -0.15) is 5.26 Å². The second-order valence-electron chi connectivity index (χ2n) is 5.93. The molecule has 0 bridgehead atoms. The molecule has 1 saturated heterocycles. The summed E-state index contributed by atoms with van der Waals surface area (Å²) >= 11 is 0. The lowest BCUT2D eigenvalue weighted by Gasteiger charge is -2.32. The van der Waals surface area contributed by atoms with Crippen molar-refractivity contribution >= 4 is 12.6 Å². The van der Waals surface area contributed by atoms with Gasteiger partial charge in [-0.05, 0) is 39.7 Å². The van der Waals surface area contributed by atoms with E-state index in [1.54, 1.807) is 0 Å². The average molecular weight is 257 g/mol. The molecule has 0 spiro atoms. The van der Waals surface area contributed by atoms with Gasteiger partial charge in [-0.25, -0.2) is 0 Å². The molecule has 1 heterocycles. The topological polar surface area (TPSA) is 42.2 Å². The number of aryl methyl sites for hydroxylation is 1. The van der Waals surface area contributed by atoms with Gasteiger partial charge < -0.3 is 9.31 Å². The van der Waals surface area contributed by atoms with Crippen LogP contribution in [0.3, 0.4) is 0 Å². The van der Waals surface area contributed by atoms with Crippen LogP contribution < -0.4 is 5.46 Å². The third kappa shape index (κ3) is 2.29. The Morgan fingerprint density at radius 3 is 2.21 bits per heavy atom.